The molecule has 1 atom stereocenters. The van der Waals surface area contributed by atoms with Crippen molar-refractivity contribution in [1.29, 1.82) is 0 Å². The van der Waals surface area contributed by atoms with Gasteiger partial charge in [0.05, 0.1) is 6.04 Å². The number of halogens is 2. The van der Waals surface area contributed by atoms with Gasteiger partial charge in [0.25, 0.3) is 0 Å². The number of benzene rings is 1. The zero-order chi connectivity index (χ0) is 13.8. The van der Waals surface area contributed by atoms with Crippen LogP contribution in [0, 0.1) is 17.6 Å². The summed E-state index contributed by atoms with van der Waals surface area (Å²) in [6.07, 6.45) is 1.52. The Hall–Kier alpha value is -1.49. The molecule has 1 aliphatic heterocycles. The third kappa shape index (κ3) is 3.29. The third-order valence-corrected chi connectivity index (χ3v) is 3.50. The third-order valence-electron chi connectivity index (χ3n) is 3.50. The van der Waals surface area contributed by atoms with E-state index in [2.05, 4.69) is 10.6 Å². The summed E-state index contributed by atoms with van der Waals surface area (Å²) in [6.45, 7) is 3.21. The van der Waals surface area contributed by atoms with Gasteiger partial charge >= 0.3 is 0 Å². The van der Waals surface area contributed by atoms with Gasteiger partial charge < -0.3 is 10.6 Å². The second-order valence-electron chi connectivity index (χ2n) is 4.89. The van der Waals surface area contributed by atoms with Crippen LogP contribution in [0.4, 0.5) is 8.78 Å². The van der Waals surface area contributed by atoms with Gasteiger partial charge in [0.2, 0.25) is 5.91 Å². The predicted molar refractivity (Wildman–Crippen MR) is 68.5 cm³/mol. The lowest BCUT2D eigenvalue weighted by molar-refractivity contribution is -0.126. The van der Waals surface area contributed by atoms with Crippen LogP contribution in [0.25, 0.3) is 0 Å². The number of nitrogens with one attached hydrogen (secondary N) is 2. The number of piperidine rings is 1. The highest BCUT2D eigenvalue weighted by Gasteiger charge is 2.24. The Morgan fingerprint density at radius 3 is 2.47 bits per heavy atom. The summed E-state index contributed by atoms with van der Waals surface area (Å²) in [7, 11) is 0. The van der Waals surface area contributed by atoms with E-state index in [9.17, 15) is 13.6 Å². The fourth-order valence-electron chi connectivity index (χ4n) is 2.41. The quantitative estimate of drug-likeness (QED) is 0.882. The molecule has 0 spiro atoms. The topological polar surface area (TPSA) is 41.1 Å². The van der Waals surface area contributed by atoms with E-state index < -0.39 is 17.7 Å². The lowest BCUT2D eigenvalue weighted by atomic mass is 9.96. The Balaban J connectivity index is 2.04. The molecule has 1 amide bonds. The summed E-state index contributed by atoms with van der Waals surface area (Å²) in [6, 6.07) is 3.05. The fourth-order valence-corrected chi connectivity index (χ4v) is 2.41. The van der Waals surface area contributed by atoms with Crippen LogP contribution >= 0.6 is 0 Å². The summed E-state index contributed by atoms with van der Waals surface area (Å²) in [5.74, 6) is -1.45. The monoisotopic (exact) mass is 268 g/mol. The Morgan fingerprint density at radius 2 is 1.89 bits per heavy atom. The Morgan fingerprint density at radius 1 is 1.32 bits per heavy atom. The summed E-state index contributed by atoms with van der Waals surface area (Å²) >= 11 is 0. The van der Waals surface area contributed by atoms with E-state index in [4.69, 9.17) is 0 Å². The van der Waals surface area contributed by atoms with E-state index in [0.29, 0.717) is 0 Å². The maximum atomic E-state index is 13.6. The van der Waals surface area contributed by atoms with Gasteiger partial charge in [0, 0.05) is 11.5 Å². The smallest absolute Gasteiger partial charge is 0.223 e. The van der Waals surface area contributed by atoms with Gasteiger partial charge in [-0.2, -0.15) is 0 Å². The molecule has 2 N–H and O–H groups in total. The summed E-state index contributed by atoms with van der Waals surface area (Å²) in [4.78, 5) is 12.0. The SMILES string of the molecule is CC(NC(=O)C1CCNCC1)c1c(F)cccc1F. The molecule has 1 fully saturated rings. The van der Waals surface area contributed by atoms with Gasteiger partial charge in [0.15, 0.2) is 0 Å². The summed E-state index contributed by atoms with van der Waals surface area (Å²) < 4.78 is 27.2. The highest BCUT2D eigenvalue weighted by Crippen LogP contribution is 2.21. The zero-order valence-electron chi connectivity index (χ0n) is 10.9. The minimum absolute atomic E-state index is 0.0708. The number of hydrogen-bond donors (Lipinski definition) is 2. The largest absolute Gasteiger partial charge is 0.349 e. The van der Waals surface area contributed by atoms with Crippen LogP contribution in [0.15, 0.2) is 18.2 Å². The zero-order valence-corrected chi connectivity index (χ0v) is 10.9. The number of carbonyl (C=O) groups is 1. The average Bonchev–Trinajstić information content (AvgIpc) is 2.39. The minimum Gasteiger partial charge on any atom is -0.349 e. The maximum Gasteiger partial charge on any atom is 0.223 e. The lowest BCUT2D eigenvalue weighted by Crippen LogP contribution is -2.39. The van der Waals surface area contributed by atoms with Gasteiger partial charge in [-0.05, 0) is 45.0 Å². The first-order valence-electron chi connectivity index (χ1n) is 6.54. The van der Waals surface area contributed by atoms with E-state index >= 15 is 0 Å². The van der Waals surface area contributed by atoms with Crippen molar-refractivity contribution in [3.05, 3.63) is 35.4 Å². The van der Waals surface area contributed by atoms with E-state index in [1.807, 2.05) is 0 Å². The number of rotatable bonds is 3. The van der Waals surface area contributed by atoms with Crippen molar-refractivity contribution >= 4 is 5.91 Å². The lowest BCUT2D eigenvalue weighted by Gasteiger charge is -2.24. The molecular weight excluding hydrogens is 250 g/mol. The van der Waals surface area contributed by atoms with Crippen LogP contribution in [0.2, 0.25) is 0 Å². The van der Waals surface area contributed by atoms with E-state index in [-0.39, 0.29) is 17.4 Å². The molecule has 19 heavy (non-hydrogen) atoms. The molecule has 1 aromatic rings. The van der Waals surface area contributed by atoms with E-state index in [1.165, 1.54) is 18.2 Å². The molecule has 0 saturated carbocycles. The molecule has 0 aliphatic carbocycles. The van der Waals surface area contributed by atoms with Crippen molar-refractivity contribution < 1.29 is 13.6 Å². The van der Waals surface area contributed by atoms with Crippen molar-refractivity contribution in [2.75, 3.05) is 13.1 Å². The van der Waals surface area contributed by atoms with Crippen molar-refractivity contribution in [2.45, 2.75) is 25.8 Å². The molecular formula is C14H18F2N2O. The van der Waals surface area contributed by atoms with Crippen LogP contribution in [-0.4, -0.2) is 19.0 Å². The van der Waals surface area contributed by atoms with Crippen molar-refractivity contribution in [1.82, 2.24) is 10.6 Å². The van der Waals surface area contributed by atoms with Crippen LogP contribution in [0.1, 0.15) is 31.4 Å². The second-order valence-corrected chi connectivity index (χ2v) is 4.89. The van der Waals surface area contributed by atoms with Crippen molar-refractivity contribution in [2.24, 2.45) is 5.92 Å². The first-order valence-corrected chi connectivity index (χ1v) is 6.54. The molecule has 104 valence electrons. The van der Waals surface area contributed by atoms with E-state index in [0.717, 1.165) is 25.9 Å². The molecule has 1 heterocycles. The first-order chi connectivity index (χ1) is 9.09. The van der Waals surface area contributed by atoms with Crippen molar-refractivity contribution in [3.8, 4) is 0 Å². The van der Waals surface area contributed by atoms with Crippen LogP contribution in [0.3, 0.4) is 0 Å². The van der Waals surface area contributed by atoms with Gasteiger partial charge in [-0.3, -0.25) is 4.79 Å². The van der Waals surface area contributed by atoms with Crippen LogP contribution in [0.5, 0.6) is 0 Å². The Kier molecular flexibility index (Phi) is 4.47. The normalized spacial score (nSPS) is 18.1. The molecule has 1 saturated heterocycles. The number of hydrogen-bond acceptors (Lipinski definition) is 2. The molecule has 0 radical (unpaired) electrons. The molecule has 2 rings (SSSR count). The average molecular weight is 268 g/mol. The maximum absolute atomic E-state index is 13.6. The highest BCUT2D eigenvalue weighted by molar-refractivity contribution is 5.79. The molecule has 1 aromatic carbocycles. The summed E-state index contributed by atoms with van der Waals surface area (Å²) in [5.41, 5.74) is -0.0789. The standard InChI is InChI=1S/C14H18F2N2O/c1-9(13-11(15)3-2-4-12(13)16)18-14(19)10-5-7-17-8-6-10/h2-4,9-10,17H,5-8H2,1H3,(H,18,19). The fraction of sp³-hybridized carbons (Fsp3) is 0.500. The summed E-state index contributed by atoms with van der Waals surface area (Å²) in [5, 5.41) is 5.87. The van der Waals surface area contributed by atoms with E-state index in [1.54, 1.807) is 6.92 Å². The molecule has 0 bridgehead atoms. The Bertz CT molecular complexity index is 439. The number of amides is 1. The molecule has 1 aliphatic rings. The van der Waals surface area contributed by atoms with Gasteiger partial charge in [-0.15, -0.1) is 0 Å². The van der Waals surface area contributed by atoms with Crippen LogP contribution in [-0.2, 0) is 4.79 Å². The van der Waals surface area contributed by atoms with Crippen LogP contribution < -0.4 is 10.6 Å². The minimum atomic E-state index is -0.663. The van der Waals surface area contributed by atoms with Crippen molar-refractivity contribution in [3.63, 3.8) is 0 Å². The highest BCUT2D eigenvalue weighted by atomic mass is 19.1. The number of carbonyl (C=O) groups excluding carboxylic acids is 1. The first kappa shape index (κ1) is 13.9. The van der Waals surface area contributed by atoms with Gasteiger partial charge in [0.1, 0.15) is 11.6 Å². The predicted octanol–water partition coefficient (Wildman–Crippen LogP) is 2.14. The molecule has 1 unspecified atom stereocenters. The molecule has 0 aromatic heterocycles. The molecule has 5 heteroatoms. The van der Waals surface area contributed by atoms with Gasteiger partial charge in [-0.1, -0.05) is 6.07 Å². The Labute approximate surface area is 111 Å². The second kappa shape index (κ2) is 6.10. The molecule has 3 nitrogen and oxygen atoms in total. The van der Waals surface area contributed by atoms with Gasteiger partial charge in [-0.25, -0.2) is 8.78 Å².